The van der Waals surface area contributed by atoms with E-state index in [2.05, 4.69) is 0 Å². The zero-order chi connectivity index (χ0) is 11.4. The van der Waals surface area contributed by atoms with Crippen LogP contribution in [0.15, 0.2) is 41.8 Å². The molecular formula is C11H9Br2MgNO3S. The first-order valence-electron chi connectivity index (χ1n) is 4.66. The minimum absolute atomic E-state index is 0. The van der Waals surface area contributed by atoms with Crippen LogP contribution < -0.4 is 38.7 Å². The van der Waals surface area contributed by atoms with Gasteiger partial charge in [0.05, 0.1) is 4.92 Å². The fourth-order valence-corrected chi connectivity index (χ4v) is 1.97. The van der Waals surface area contributed by atoms with Gasteiger partial charge in [-0.25, -0.2) is 0 Å². The quantitative estimate of drug-likeness (QED) is 0.299. The minimum atomic E-state index is -0.434. The molecule has 1 aromatic heterocycles. The Bertz CT molecular complexity index is 496. The van der Waals surface area contributed by atoms with Crippen molar-refractivity contribution in [3.05, 3.63) is 57.5 Å². The van der Waals surface area contributed by atoms with Gasteiger partial charge in [0, 0.05) is 11.4 Å². The largest absolute Gasteiger partial charge is 2.00 e. The van der Waals surface area contributed by atoms with Crippen LogP contribution in [-0.4, -0.2) is 28.0 Å². The van der Waals surface area contributed by atoms with Gasteiger partial charge in [0.25, 0.3) is 5.06 Å². The van der Waals surface area contributed by atoms with Gasteiger partial charge in [-0.15, -0.1) is 11.3 Å². The number of nitrogens with zero attached hydrogens (tertiary/aromatic N) is 1. The first-order valence-corrected chi connectivity index (χ1v) is 5.54. The molecule has 0 saturated carbocycles. The van der Waals surface area contributed by atoms with Crippen LogP contribution in [0.3, 0.4) is 0 Å². The molecule has 0 amide bonds. The van der Waals surface area contributed by atoms with Gasteiger partial charge in [-0.05, 0) is 5.56 Å². The van der Waals surface area contributed by atoms with Crippen molar-refractivity contribution in [1.29, 1.82) is 0 Å². The van der Waals surface area contributed by atoms with Crippen LogP contribution in [0.4, 0.5) is 5.69 Å². The monoisotopic (exact) mass is 417 g/mol. The minimum Gasteiger partial charge on any atom is -1.00 e. The third-order valence-corrected chi connectivity index (χ3v) is 2.83. The second-order valence-corrected chi connectivity index (χ2v) is 4.00. The summed E-state index contributed by atoms with van der Waals surface area (Å²) in [5, 5.41) is 12.6. The maximum Gasteiger partial charge on any atom is 2.00 e. The molecule has 0 N–H and O–H groups in total. The molecule has 0 spiro atoms. The van der Waals surface area contributed by atoms with E-state index in [-0.39, 0.29) is 62.7 Å². The van der Waals surface area contributed by atoms with E-state index in [4.69, 9.17) is 4.74 Å². The molecule has 19 heavy (non-hydrogen) atoms. The smallest absolute Gasteiger partial charge is 1.00 e. The van der Waals surface area contributed by atoms with Gasteiger partial charge in [-0.2, -0.15) is 0 Å². The van der Waals surface area contributed by atoms with Gasteiger partial charge >= 0.3 is 28.7 Å². The first kappa shape index (κ1) is 21.2. The molecule has 8 heteroatoms. The van der Waals surface area contributed by atoms with Gasteiger partial charge < -0.3 is 38.7 Å². The number of ether oxygens (including phenoxy) is 1. The molecule has 0 atom stereocenters. The van der Waals surface area contributed by atoms with Crippen molar-refractivity contribution >= 4 is 40.1 Å². The second-order valence-electron chi connectivity index (χ2n) is 3.12. The van der Waals surface area contributed by atoms with E-state index in [1.54, 1.807) is 5.38 Å². The Morgan fingerprint density at radius 3 is 2.37 bits per heavy atom. The van der Waals surface area contributed by atoms with Gasteiger partial charge in [-0.3, -0.25) is 10.1 Å². The SMILES string of the molecule is O=[N+]([O-])c1ccsc1OCc1ccccc1.[Br-].[Br-].[Mg+2]. The molecule has 1 aromatic carbocycles. The van der Waals surface area contributed by atoms with Crippen LogP contribution in [0.2, 0.25) is 0 Å². The molecule has 4 nitrogen and oxygen atoms in total. The standard InChI is InChI=1S/C11H9NO3S.2BrH.Mg/c13-12(14)10-6-7-16-11(10)15-8-9-4-2-1-3-5-9;;;/h1-7H,8H2;2*1H;/q;;;+2/p-2. The van der Waals surface area contributed by atoms with E-state index in [0.29, 0.717) is 11.7 Å². The average Bonchev–Trinajstić information content (AvgIpc) is 2.76. The number of thiophene rings is 1. The van der Waals surface area contributed by atoms with Crippen LogP contribution in [0, 0.1) is 10.1 Å². The van der Waals surface area contributed by atoms with Crippen molar-refractivity contribution in [2.45, 2.75) is 6.61 Å². The van der Waals surface area contributed by atoms with Crippen molar-refractivity contribution in [2.75, 3.05) is 0 Å². The fraction of sp³-hybridized carbons (Fsp3) is 0.0909. The third-order valence-electron chi connectivity index (χ3n) is 2.02. The second kappa shape index (κ2) is 10.6. The number of hydrogen-bond donors (Lipinski definition) is 0. The average molecular weight is 419 g/mol. The summed E-state index contributed by atoms with van der Waals surface area (Å²) in [4.78, 5) is 10.2. The molecule has 0 aliphatic carbocycles. The summed E-state index contributed by atoms with van der Waals surface area (Å²) < 4.78 is 5.40. The summed E-state index contributed by atoms with van der Waals surface area (Å²) in [5.74, 6) is 0. The van der Waals surface area contributed by atoms with Crippen LogP contribution in [-0.2, 0) is 6.61 Å². The maximum absolute atomic E-state index is 10.6. The Balaban J connectivity index is 0. The first-order chi connectivity index (χ1) is 7.77. The Kier molecular flexibility index (Phi) is 11.8. The summed E-state index contributed by atoms with van der Waals surface area (Å²) in [5.41, 5.74) is 1.02. The fourth-order valence-electron chi connectivity index (χ4n) is 1.26. The van der Waals surface area contributed by atoms with Crippen LogP contribution >= 0.6 is 11.3 Å². The number of hydrogen-bond acceptors (Lipinski definition) is 4. The van der Waals surface area contributed by atoms with Gasteiger partial charge in [0.15, 0.2) is 0 Å². The normalized spacial score (nSPS) is 8.42. The molecule has 0 radical (unpaired) electrons. The molecule has 98 valence electrons. The Morgan fingerprint density at radius 1 is 1.16 bits per heavy atom. The van der Waals surface area contributed by atoms with Gasteiger partial charge in [-0.1, -0.05) is 30.3 Å². The summed E-state index contributed by atoms with van der Waals surface area (Å²) >= 11 is 1.23. The molecule has 0 aliphatic heterocycles. The Morgan fingerprint density at radius 2 is 1.79 bits per heavy atom. The van der Waals surface area contributed by atoms with Gasteiger partial charge in [0.2, 0.25) is 0 Å². The number of rotatable bonds is 4. The number of benzene rings is 1. The van der Waals surface area contributed by atoms with E-state index in [1.165, 1.54) is 17.4 Å². The summed E-state index contributed by atoms with van der Waals surface area (Å²) in [6.45, 7) is 0.349. The molecule has 0 saturated heterocycles. The molecular weight excluding hydrogens is 410 g/mol. The van der Waals surface area contributed by atoms with Crippen molar-refractivity contribution in [2.24, 2.45) is 0 Å². The zero-order valence-corrected chi connectivity index (χ0v) is 15.2. The summed E-state index contributed by atoms with van der Waals surface area (Å²) in [7, 11) is 0. The maximum atomic E-state index is 10.6. The summed E-state index contributed by atoms with van der Waals surface area (Å²) in [6.07, 6.45) is 0. The van der Waals surface area contributed by atoms with E-state index in [9.17, 15) is 10.1 Å². The molecule has 2 rings (SSSR count). The number of halogens is 2. The van der Waals surface area contributed by atoms with Crippen molar-refractivity contribution in [1.82, 2.24) is 0 Å². The molecule has 0 unspecified atom stereocenters. The van der Waals surface area contributed by atoms with Crippen LogP contribution in [0.5, 0.6) is 5.06 Å². The van der Waals surface area contributed by atoms with Crippen molar-refractivity contribution in [3.63, 3.8) is 0 Å². The van der Waals surface area contributed by atoms with Gasteiger partial charge in [0.1, 0.15) is 6.61 Å². The molecule has 0 bridgehead atoms. The molecule has 0 fully saturated rings. The predicted octanol–water partition coefficient (Wildman–Crippen LogP) is -3.14. The topological polar surface area (TPSA) is 52.4 Å². The van der Waals surface area contributed by atoms with Crippen LogP contribution in [0.1, 0.15) is 5.56 Å². The van der Waals surface area contributed by atoms with E-state index in [0.717, 1.165) is 5.56 Å². The van der Waals surface area contributed by atoms with E-state index >= 15 is 0 Å². The van der Waals surface area contributed by atoms with Crippen molar-refractivity contribution in [3.8, 4) is 5.06 Å². The Labute approximate surface area is 152 Å². The summed E-state index contributed by atoms with van der Waals surface area (Å²) in [6, 6.07) is 11.0. The zero-order valence-electron chi connectivity index (χ0n) is 9.79. The molecule has 1 heterocycles. The molecule has 0 aliphatic rings. The van der Waals surface area contributed by atoms with E-state index < -0.39 is 4.92 Å². The van der Waals surface area contributed by atoms with Crippen LogP contribution in [0.25, 0.3) is 0 Å². The third kappa shape index (κ3) is 6.22. The Hall–Kier alpha value is -0.154. The number of nitro groups is 1. The molecule has 2 aromatic rings. The predicted molar refractivity (Wildman–Crippen MR) is 67.5 cm³/mol. The van der Waals surface area contributed by atoms with Crippen molar-refractivity contribution < 1.29 is 43.6 Å². The van der Waals surface area contributed by atoms with E-state index in [1.807, 2.05) is 30.3 Å².